The van der Waals surface area contributed by atoms with E-state index in [-0.39, 0.29) is 12.5 Å². The first-order valence-corrected chi connectivity index (χ1v) is 13.8. The van der Waals surface area contributed by atoms with Gasteiger partial charge >= 0.3 is 14.6 Å². The number of carbonyl (C=O) groups is 2. The maximum absolute atomic E-state index is 12.2. The summed E-state index contributed by atoms with van der Waals surface area (Å²) in [7, 11) is -0.125. The van der Waals surface area contributed by atoms with Crippen molar-refractivity contribution in [2.45, 2.75) is 116 Å². The van der Waals surface area contributed by atoms with Gasteiger partial charge in [0, 0.05) is 6.42 Å². The van der Waals surface area contributed by atoms with Gasteiger partial charge in [0.2, 0.25) is 5.91 Å². The van der Waals surface area contributed by atoms with Crippen LogP contribution in [0, 0.1) is 0 Å². The molecule has 0 aromatic rings. The van der Waals surface area contributed by atoms with E-state index in [4.69, 9.17) is 18.3 Å². The van der Waals surface area contributed by atoms with Crippen LogP contribution in [0.25, 0.3) is 0 Å². The lowest BCUT2D eigenvalue weighted by molar-refractivity contribution is -0.146. The Balaban J connectivity index is 1.94. The summed E-state index contributed by atoms with van der Waals surface area (Å²) in [5, 5.41) is 2.70. The molecule has 7 nitrogen and oxygen atoms in total. The second-order valence-electron chi connectivity index (χ2n) is 8.53. The van der Waals surface area contributed by atoms with Gasteiger partial charge < -0.3 is 23.6 Å². The molecule has 0 saturated carbocycles. The normalized spacial score (nSPS) is 15.1. The van der Waals surface area contributed by atoms with Gasteiger partial charge in [-0.1, -0.05) is 96.8 Å². The number of amides is 1. The predicted molar refractivity (Wildman–Crippen MR) is 128 cm³/mol. The Morgan fingerprint density at radius 2 is 1.28 bits per heavy atom. The summed E-state index contributed by atoms with van der Waals surface area (Å²) < 4.78 is 20.7. The molecule has 1 fully saturated rings. The lowest BCUT2D eigenvalue weighted by Crippen LogP contribution is -2.44. The summed E-state index contributed by atoms with van der Waals surface area (Å²) in [6.07, 6.45) is 19.8. The number of rotatable bonds is 21. The molecular weight excluding hydrogens is 429 g/mol. The van der Waals surface area contributed by atoms with Crippen LogP contribution in [-0.2, 0) is 27.9 Å². The lowest BCUT2D eigenvalue weighted by atomic mass is 10.0. The summed E-state index contributed by atoms with van der Waals surface area (Å²) in [6, 6.07) is -0.834. The first-order valence-electron chi connectivity index (χ1n) is 12.7. The van der Waals surface area contributed by atoms with Crippen LogP contribution in [0.3, 0.4) is 0 Å². The molecule has 0 aliphatic carbocycles. The molecule has 1 rings (SSSR count). The zero-order chi connectivity index (χ0) is 23.3. The van der Waals surface area contributed by atoms with E-state index in [1.54, 1.807) is 0 Å². The van der Waals surface area contributed by atoms with Gasteiger partial charge in [-0.25, -0.2) is 4.79 Å². The van der Waals surface area contributed by atoms with Crippen molar-refractivity contribution in [1.82, 2.24) is 5.32 Å². The Morgan fingerprint density at radius 1 is 0.812 bits per heavy atom. The Hall–Kier alpha value is -0.750. The number of esters is 1. The standard InChI is InChI=1S/C24H46NO6P/c1-3-4-5-6-7-8-9-10-11-12-13-14-15-16-17-18-23(26)25-22(24(27)28-2)21-31-32-29-19-20-30-32/h22H,3-21H2,1-2H3,(H,25,26)/t22-/m1/s1. The highest BCUT2D eigenvalue weighted by molar-refractivity contribution is 7.41. The topological polar surface area (TPSA) is 83.1 Å². The maximum atomic E-state index is 12.2. The fourth-order valence-corrected chi connectivity index (χ4v) is 4.65. The molecule has 1 aliphatic heterocycles. The number of carbonyl (C=O) groups excluding carboxylic acids is 2. The maximum Gasteiger partial charge on any atom is 0.332 e. The van der Waals surface area contributed by atoms with Crippen LogP contribution < -0.4 is 5.32 Å². The summed E-state index contributed by atoms with van der Waals surface area (Å²) >= 11 is 0. The van der Waals surface area contributed by atoms with Crippen molar-refractivity contribution >= 4 is 20.5 Å². The van der Waals surface area contributed by atoms with Gasteiger partial charge in [0.1, 0.15) is 0 Å². The molecule has 1 atom stereocenters. The number of methoxy groups -OCH3 is 1. The van der Waals surface area contributed by atoms with E-state index in [9.17, 15) is 9.59 Å². The van der Waals surface area contributed by atoms with Crippen molar-refractivity contribution in [2.24, 2.45) is 0 Å². The fraction of sp³-hybridized carbons (Fsp3) is 0.917. The number of unbranched alkanes of at least 4 members (excludes halogenated alkanes) is 14. The first kappa shape index (κ1) is 29.3. The Kier molecular flexibility index (Phi) is 19.1. The van der Waals surface area contributed by atoms with Gasteiger partial charge in [0.05, 0.1) is 26.9 Å². The van der Waals surface area contributed by atoms with E-state index in [1.807, 2.05) is 0 Å². The van der Waals surface area contributed by atoms with Crippen molar-refractivity contribution in [1.29, 1.82) is 0 Å². The lowest BCUT2D eigenvalue weighted by Gasteiger charge is -2.17. The summed E-state index contributed by atoms with van der Waals surface area (Å²) in [4.78, 5) is 24.0. The molecule has 0 spiro atoms. The van der Waals surface area contributed by atoms with E-state index in [0.29, 0.717) is 19.6 Å². The molecule has 1 aliphatic rings. The molecule has 32 heavy (non-hydrogen) atoms. The summed E-state index contributed by atoms with van der Waals surface area (Å²) in [6.45, 7) is 3.23. The van der Waals surface area contributed by atoms with Crippen molar-refractivity contribution < 1.29 is 27.9 Å². The van der Waals surface area contributed by atoms with Gasteiger partial charge in [-0.05, 0) is 6.42 Å². The third kappa shape index (κ3) is 16.0. The third-order valence-corrected chi connectivity index (χ3v) is 6.80. The van der Waals surface area contributed by atoms with E-state index < -0.39 is 20.6 Å². The van der Waals surface area contributed by atoms with Crippen LogP contribution in [0.4, 0.5) is 0 Å². The third-order valence-electron chi connectivity index (χ3n) is 5.65. The number of ether oxygens (including phenoxy) is 1. The van der Waals surface area contributed by atoms with Crippen molar-refractivity contribution in [3.8, 4) is 0 Å². The Bertz CT molecular complexity index is 473. The minimum Gasteiger partial charge on any atom is -0.467 e. The molecule has 1 amide bonds. The predicted octanol–water partition coefficient (Wildman–Crippen LogP) is 6.20. The minimum atomic E-state index is -1.42. The van der Waals surface area contributed by atoms with Crippen LogP contribution >= 0.6 is 8.60 Å². The van der Waals surface area contributed by atoms with Crippen LogP contribution in [0.15, 0.2) is 0 Å². The summed E-state index contributed by atoms with van der Waals surface area (Å²) in [5.41, 5.74) is 0. The van der Waals surface area contributed by atoms with E-state index in [0.717, 1.165) is 19.3 Å². The number of nitrogens with one attached hydrogen (secondary N) is 1. The zero-order valence-electron chi connectivity index (χ0n) is 20.4. The fourth-order valence-electron chi connectivity index (χ4n) is 3.71. The second kappa shape index (κ2) is 20.8. The van der Waals surface area contributed by atoms with E-state index >= 15 is 0 Å². The molecule has 1 heterocycles. The Labute approximate surface area is 196 Å². The molecular formula is C24H46NO6P. The molecule has 8 heteroatoms. The highest BCUT2D eigenvalue weighted by atomic mass is 31.2. The molecule has 188 valence electrons. The van der Waals surface area contributed by atoms with Gasteiger partial charge in [-0.15, -0.1) is 0 Å². The molecule has 0 aromatic carbocycles. The largest absolute Gasteiger partial charge is 0.467 e. The highest BCUT2D eigenvalue weighted by Crippen LogP contribution is 2.43. The number of hydrogen-bond donors (Lipinski definition) is 1. The van der Waals surface area contributed by atoms with Gasteiger partial charge in [-0.3, -0.25) is 4.79 Å². The molecule has 1 N–H and O–H groups in total. The zero-order valence-corrected chi connectivity index (χ0v) is 21.3. The molecule has 0 unspecified atom stereocenters. The van der Waals surface area contributed by atoms with Crippen LogP contribution in [0.5, 0.6) is 0 Å². The second-order valence-corrected chi connectivity index (χ2v) is 9.75. The number of hydrogen-bond acceptors (Lipinski definition) is 6. The average molecular weight is 476 g/mol. The van der Waals surface area contributed by atoms with Crippen LogP contribution in [-0.4, -0.2) is 44.8 Å². The molecule has 1 saturated heterocycles. The van der Waals surface area contributed by atoms with Gasteiger partial charge in [-0.2, -0.15) is 0 Å². The first-order chi connectivity index (χ1) is 15.7. The quantitative estimate of drug-likeness (QED) is 0.121. The smallest absolute Gasteiger partial charge is 0.332 e. The van der Waals surface area contributed by atoms with Gasteiger partial charge in [0.25, 0.3) is 0 Å². The van der Waals surface area contributed by atoms with Crippen LogP contribution in [0.2, 0.25) is 0 Å². The highest BCUT2D eigenvalue weighted by Gasteiger charge is 2.26. The van der Waals surface area contributed by atoms with E-state index in [2.05, 4.69) is 12.2 Å². The average Bonchev–Trinajstić information content (AvgIpc) is 3.32. The van der Waals surface area contributed by atoms with Crippen molar-refractivity contribution in [3.63, 3.8) is 0 Å². The molecule has 0 bridgehead atoms. The monoisotopic (exact) mass is 475 g/mol. The minimum absolute atomic E-state index is 0.0109. The van der Waals surface area contributed by atoms with E-state index in [1.165, 1.54) is 84.2 Å². The summed E-state index contributed by atoms with van der Waals surface area (Å²) in [5.74, 6) is -0.677. The van der Waals surface area contributed by atoms with Crippen LogP contribution in [0.1, 0.15) is 110 Å². The molecule has 0 aromatic heterocycles. The Morgan fingerprint density at radius 3 is 1.75 bits per heavy atom. The van der Waals surface area contributed by atoms with Crippen molar-refractivity contribution in [3.05, 3.63) is 0 Å². The SMILES string of the molecule is CCCCCCCCCCCCCCCCCC(=O)N[C@H](COP1OCCO1)C(=O)OC. The van der Waals surface area contributed by atoms with Crippen molar-refractivity contribution in [2.75, 3.05) is 26.9 Å². The molecule has 0 radical (unpaired) electrons. The van der Waals surface area contributed by atoms with Gasteiger partial charge in [0.15, 0.2) is 6.04 Å².